The fraction of sp³-hybridized carbons (Fsp3) is 0.238. The van der Waals surface area contributed by atoms with Crippen molar-refractivity contribution in [3.63, 3.8) is 0 Å². The molecule has 31 heavy (non-hydrogen) atoms. The molecule has 2 aromatic carbocycles. The van der Waals surface area contributed by atoms with Crippen LogP contribution in [0.25, 0.3) is 0 Å². The van der Waals surface area contributed by atoms with E-state index in [-0.39, 0.29) is 12.5 Å². The molecule has 0 unspecified atom stereocenters. The second kappa shape index (κ2) is 11.7. The van der Waals surface area contributed by atoms with E-state index in [2.05, 4.69) is 37.1 Å². The molecule has 0 heterocycles. The Bertz CT molecular complexity index is 994. The van der Waals surface area contributed by atoms with Crippen LogP contribution in [-0.2, 0) is 14.4 Å². The largest absolute Gasteiger partial charge is 0.493 e. The van der Waals surface area contributed by atoms with E-state index < -0.39 is 11.8 Å². The molecule has 10 heteroatoms. The Kier molecular flexibility index (Phi) is 9.01. The number of rotatable bonds is 8. The van der Waals surface area contributed by atoms with Crippen LogP contribution in [0.4, 0.5) is 5.69 Å². The summed E-state index contributed by atoms with van der Waals surface area (Å²) in [5, 5.41) is 8.91. The molecule has 0 aromatic heterocycles. The lowest BCUT2D eigenvalue weighted by Crippen LogP contribution is -2.37. The number of carbonyl (C=O) groups excluding carboxylic acids is 3. The first-order valence-corrected chi connectivity index (χ1v) is 10.1. The summed E-state index contributed by atoms with van der Waals surface area (Å²) in [6.07, 6.45) is 1.35. The van der Waals surface area contributed by atoms with Crippen LogP contribution in [0.15, 0.2) is 46.0 Å². The number of amides is 3. The van der Waals surface area contributed by atoms with Gasteiger partial charge in [-0.3, -0.25) is 14.4 Å². The van der Waals surface area contributed by atoms with E-state index in [1.165, 1.54) is 13.3 Å². The summed E-state index contributed by atoms with van der Waals surface area (Å²) in [4.78, 5) is 35.1. The first kappa shape index (κ1) is 23.9. The van der Waals surface area contributed by atoms with Crippen LogP contribution in [-0.4, -0.2) is 44.2 Å². The SMILES string of the molecule is CCNC(=O)C(=O)N/N=C\c1cc(Br)c(OCC(=O)Nc2ccccc2C)c(OC)c1. The van der Waals surface area contributed by atoms with Gasteiger partial charge in [0, 0.05) is 12.2 Å². The van der Waals surface area contributed by atoms with Crippen molar-refractivity contribution in [1.82, 2.24) is 10.7 Å². The highest BCUT2D eigenvalue weighted by molar-refractivity contribution is 9.10. The number of hydrazone groups is 1. The highest BCUT2D eigenvalue weighted by Crippen LogP contribution is 2.36. The van der Waals surface area contributed by atoms with Crippen LogP contribution >= 0.6 is 15.9 Å². The summed E-state index contributed by atoms with van der Waals surface area (Å²) in [6.45, 7) is 3.72. The van der Waals surface area contributed by atoms with Crippen molar-refractivity contribution < 1.29 is 23.9 Å². The van der Waals surface area contributed by atoms with Crippen molar-refractivity contribution in [2.45, 2.75) is 13.8 Å². The monoisotopic (exact) mass is 490 g/mol. The number of likely N-dealkylation sites (N-methyl/N-ethyl adjacent to an activating group) is 1. The third kappa shape index (κ3) is 7.10. The van der Waals surface area contributed by atoms with E-state index in [9.17, 15) is 14.4 Å². The number of methoxy groups -OCH3 is 1. The Morgan fingerprint density at radius 2 is 1.90 bits per heavy atom. The summed E-state index contributed by atoms with van der Waals surface area (Å²) in [7, 11) is 1.46. The van der Waals surface area contributed by atoms with Crippen LogP contribution in [0.1, 0.15) is 18.1 Å². The summed E-state index contributed by atoms with van der Waals surface area (Å²) >= 11 is 3.38. The maximum Gasteiger partial charge on any atom is 0.329 e. The quantitative estimate of drug-likeness (QED) is 0.298. The third-order valence-electron chi connectivity index (χ3n) is 3.94. The normalized spacial score (nSPS) is 10.5. The summed E-state index contributed by atoms with van der Waals surface area (Å²) in [5.41, 5.74) is 4.35. The second-order valence-corrected chi connectivity index (χ2v) is 7.10. The molecule has 0 fully saturated rings. The number of anilines is 1. The van der Waals surface area contributed by atoms with Crippen molar-refractivity contribution in [2.24, 2.45) is 5.10 Å². The van der Waals surface area contributed by atoms with Crippen LogP contribution < -0.4 is 25.5 Å². The van der Waals surface area contributed by atoms with Crippen LogP contribution in [0.3, 0.4) is 0 Å². The van der Waals surface area contributed by atoms with Gasteiger partial charge in [-0.05, 0) is 59.1 Å². The molecular weight excluding hydrogens is 468 g/mol. The summed E-state index contributed by atoms with van der Waals surface area (Å²) < 4.78 is 11.5. The van der Waals surface area contributed by atoms with Gasteiger partial charge in [0.25, 0.3) is 5.91 Å². The van der Waals surface area contributed by atoms with Gasteiger partial charge in [0.15, 0.2) is 18.1 Å². The standard InChI is InChI=1S/C21H23BrN4O5/c1-4-23-20(28)21(29)26-24-11-14-9-15(22)19(17(10-14)30-3)31-12-18(27)25-16-8-6-5-7-13(16)2/h5-11H,4,12H2,1-3H3,(H,23,28)(H,25,27)(H,26,29)/b24-11-. The number of hydrogen-bond donors (Lipinski definition) is 3. The zero-order chi connectivity index (χ0) is 22.8. The zero-order valence-electron chi connectivity index (χ0n) is 17.3. The number of ether oxygens (including phenoxy) is 2. The Labute approximate surface area is 188 Å². The van der Waals surface area contributed by atoms with Gasteiger partial charge in [-0.1, -0.05) is 18.2 Å². The van der Waals surface area contributed by atoms with Gasteiger partial charge in [-0.25, -0.2) is 5.43 Å². The first-order chi connectivity index (χ1) is 14.8. The number of nitrogens with one attached hydrogen (secondary N) is 3. The highest BCUT2D eigenvalue weighted by atomic mass is 79.9. The molecule has 164 valence electrons. The molecular formula is C21H23BrN4O5. The maximum atomic E-state index is 12.2. The predicted octanol–water partition coefficient (Wildman–Crippen LogP) is 2.37. The van der Waals surface area contributed by atoms with Gasteiger partial charge in [0.1, 0.15) is 0 Å². The van der Waals surface area contributed by atoms with E-state index in [0.717, 1.165) is 5.56 Å². The molecule has 0 aliphatic carbocycles. The molecule has 0 bridgehead atoms. The minimum Gasteiger partial charge on any atom is -0.493 e. The van der Waals surface area contributed by atoms with E-state index >= 15 is 0 Å². The summed E-state index contributed by atoms with van der Waals surface area (Å²) in [6, 6.07) is 10.7. The molecule has 0 spiro atoms. The van der Waals surface area contributed by atoms with Crippen molar-refractivity contribution in [2.75, 3.05) is 25.6 Å². The first-order valence-electron chi connectivity index (χ1n) is 9.32. The van der Waals surface area contributed by atoms with Crippen molar-refractivity contribution >= 4 is 45.6 Å². The lowest BCUT2D eigenvalue weighted by atomic mass is 10.2. The molecule has 2 aromatic rings. The lowest BCUT2D eigenvalue weighted by Gasteiger charge is -2.14. The third-order valence-corrected chi connectivity index (χ3v) is 4.53. The van der Waals surface area contributed by atoms with Gasteiger partial charge in [-0.15, -0.1) is 0 Å². The van der Waals surface area contributed by atoms with E-state index in [1.807, 2.05) is 31.2 Å². The Balaban J connectivity index is 2.02. The van der Waals surface area contributed by atoms with Crippen LogP contribution in [0.2, 0.25) is 0 Å². The molecule has 2 rings (SSSR count). The molecule has 0 radical (unpaired) electrons. The lowest BCUT2D eigenvalue weighted by molar-refractivity contribution is -0.139. The predicted molar refractivity (Wildman–Crippen MR) is 120 cm³/mol. The number of aryl methyl sites for hydroxylation is 1. The van der Waals surface area contributed by atoms with Crippen molar-refractivity contribution in [3.05, 3.63) is 52.0 Å². The Morgan fingerprint density at radius 3 is 2.58 bits per heavy atom. The summed E-state index contributed by atoms with van der Waals surface area (Å²) in [5.74, 6) is -1.27. The van der Waals surface area contributed by atoms with Gasteiger partial charge in [-0.2, -0.15) is 5.10 Å². The molecule has 3 amide bonds. The molecule has 0 saturated heterocycles. The molecule has 0 aliphatic heterocycles. The molecule has 0 atom stereocenters. The molecule has 9 nitrogen and oxygen atoms in total. The van der Waals surface area contributed by atoms with Crippen LogP contribution in [0, 0.1) is 6.92 Å². The fourth-order valence-corrected chi connectivity index (χ4v) is 3.02. The Morgan fingerprint density at radius 1 is 1.16 bits per heavy atom. The van der Waals surface area contributed by atoms with Gasteiger partial charge >= 0.3 is 11.8 Å². The minimum absolute atomic E-state index is 0.223. The highest BCUT2D eigenvalue weighted by Gasteiger charge is 2.14. The minimum atomic E-state index is -0.872. The smallest absolute Gasteiger partial charge is 0.329 e. The van der Waals surface area contributed by atoms with Gasteiger partial charge < -0.3 is 20.1 Å². The van der Waals surface area contributed by atoms with Gasteiger partial charge in [0.05, 0.1) is 17.8 Å². The van der Waals surface area contributed by atoms with E-state index in [1.54, 1.807) is 19.1 Å². The number of carbonyl (C=O) groups is 3. The Hall–Kier alpha value is -3.40. The second-order valence-electron chi connectivity index (χ2n) is 6.24. The van der Waals surface area contributed by atoms with Crippen molar-refractivity contribution in [3.8, 4) is 11.5 Å². The zero-order valence-corrected chi connectivity index (χ0v) is 18.9. The maximum absolute atomic E-state index is 12.2. The number of halogens is 1. The van der Waals surface area contributed by atoms with E-state index in [0.29, 0.717) is 33.8 Å². The topological polar surface area (TPSA) is 118 Å². The molecule has 3 N–H and O–H groups in total. The number of para-hydroxylation sites is 1. The average Bonchev–Trinajstić information content (AvgIpc) is 2.74. The van der Waals surface area contributed by atoms with E-state index in [4.69, 9.17) is 9.47 Å². The molecule has 0 aliphatic rings. The number of benzene rings is 2. The number of nitrogens with zero attached hydrogens (tertiary/aromatic N) is 1. The van der Waals surface area contributed by atoms with Crippen LogP contribution in [0.5, 0.6) is 11.5 Å². The molecule has 0 saturated carbocycles. The van der Waals surface area contributed by atoms with Gasteiger partial charge in [0.2, 0.25) is 0 Å². The van der Waals surface area contributed by atoms with Crippen molar-refractivity contribution in [1.29, 1.82) is 0 Å². The number of hydrogen-bond acceptors (Lipinski definition) is 6. The average molecular weight is 491 g/mol. The fourth-order valence-electron chi connectivity index (χ4n) is 2.45.